The van der Waals surface area contributed by atoms with E-state index in [1.807, 2.05) is 24.7 Å². The molecule has 0 saturated carbocycles. The van der Waals surface area contributed by atoms with Gasteiger partial charge in [0.25, 0.3) is 0 Å². The van der Waals surface area contributed by atoms with E-state index in [0.29, 0.717) is 0 Å². The Kier molecular flexibility index (Phi) is 3.93. The molecule has 1 unspecified atom stereocenters. The molecule has 1 N–H and O–H groups in total. The molecule has 3 nitrogen and oxygen atoms in total. The summed E-state index contributed by atoms with van der Waals surface area (Å²) in [6.07, 6.45) is 5.61. The second-order valence-corrected chi connectivity index (χ2v) is 5.18. The second-order valence-electron chi connectivity index (χ2n) is 5.18. The molecule has 0 aliphatic carbocycles. The van der Waals surface area contributed by atoms with Crippen LogP contribution in [0.5, 0.6) is 0 Å². The number of fused-ring (bicyclic) bond motifs is 1. The number of aromatic nitrogens is 2. The zero-order valence-corrected chi connectivity index (χ0v) is 12.4. The number of hydrogen-bond donors (Lipinski definition) is 1. The molecule has 3 heteroatoms. The Morgan fingerprint density at radius 2 is 2.05 bits per heavy atom. The lowest BCUT2D eigenvalue weighted by Gasteiger charge is -2.21. The van der Waals surface area contributed by atoms with E-state index in [0.717, 1.165) is 12.1 Å². The first-order chi connectivity index (χ1) is 10.3. The third-order valence-electron chi connectivity index (χ3n) is 3.75. The Morgan fingerprint density at radius 3 is 2.86 bits per heavy atom. The molecule has 0 saturated heterocycles. The van der Waals surface area contributed by atoms with E-state index < -0.39 is 0 Å². The van der Waals surface area contributed by atoms with Crippen molar-refractivity contribution in [3.05, 3.63) is 71.7 Å². The van der Waals surface area contributed by atoms with E-state index in [4.69, 9.17) is 0 Å². The summed E-state index contributed by atoms with van der Waals surface area (Å²) in [7, 11) is 0. The predicted molar refractivity (Wildman–Crippen MR) is 86.2 cm³/mol. The van der Waals surface area contributed by atoms with E-state index in [1.165, 1.54) is 22.1 Å². The highest BCUT2D eigenvalue weighted by atomic mass is 14.9. The van der Waals surface area contributed by atoms with E-state index in [2.05, 4.69) is 59.5 Å². The molecular formula is C18H19N3. The van der Waals surface area contributed by atoms with Crippen LogP contribution in [0.4, 0.5) is 0 Å². The van der Waals surface area contributed by atoms with E-state index in [1.54, 1.807) is 0 Å². The first-order valence-electron chi connectivity index (χ1n) is 7.28. The highest BCUT2D eigenvalue weighted by Crippen LogP contribution is 2.26. The summed E-state index contributed by atoms with van der Waals surface area (Å²) in [5, 5.41) is 4.73. The number of pyridine rings is 2. The van der Waals surface area contributed by atoms with Crippen molar-refractivity contribution in [2.45, 2.75) is 19.9 Å². The Labute approximate surface area is 125 Å². The highest BCUT2D eigenvalue weighted by molar-refractivity contribution is 5.79. The first-order valence-corrected chi connectivity index (χ1v) is 7.28. The molecule has 2 aromatic heterocycles. The van der Waals surface area contributed by atoms with Crippen molar-refractivity contribution in [1.29, 1.82) is 0 Å². The molecule has 1 aromatic carbocycles. The van der Waals surface area contributed by atoms with Crippen LogP contribution in [0.1, 0.15) is 29.7 Å². The summed E-state index contributed by atoms with van der Waals surface area (Å²) in [6.45, 7) is 5.14. The minimum absolute atomic E-state index is 0.171. The van der Waals surface area contributed by atoms with E-state index in [-0.39, 0.29) is 6.04 Å². The molecule has 21 heavy (non-hydrogen) atoms. The van der Waals surface area contributed by atoms with Gasteiger partial charge in [-0.25, -0.2) is 0 Å². The van der Waals surface area contributed by atoms with Gasteiger partial charge >= 0.3 is 0 Å². The van der Waals surface area contributed by atoms with Crippen molar-refractivity contribution in [1.82, 2.24) is 15.3 Å². The molecule has 0 radical (unpaired) electrons. The van der Waals surface area contributed by atoms with Gasteiger partial charge in [-0.1, -0.05) is 25.1 Å². The smallest absolute Gasteiger partial charge is 0.0705 e. The average molecular weight is 277 g/mol. The largest absolute Gasteiger partial charge is 0.307 e. The molecule has 3 aromatic rings. The Hall–Kier alpha value is -2.26. The fourth-order valence-corrected chi connectivity index (χ4v) is 2.68. The summed E-state index contributed by atoms with van der Waals surface area (Å²) in [5.41, 5.74) is 4.73. The lowest BCUT2D eigenvalue weighted by atomic mass is 9.95. The lowest BCUT2D eigenvalue weighted by Crippen LogP contribution is -2.22. The molecule has 0 fully saturated rings. The minimum Gasteiger partial charge on any atom is -0.307 e. The van der Waals surface area contributed by atoms with Crippen molar-refractivity contribution in [3.8, 4) is 0 Å². The van der Waals surface area contributed by atoms with Crippen LogP contribution in [-0.2, 0) is 0 Å². The van der Waals surface area contributed by atoms with E-state index >= 15 is 0 Å². The number of nitrogens with one attached hydrogen (secondary N) is 1. The van der Waals surface area contributed by atoms with Gasteiger partial charge in [-0.2, -0.15) is 0 Å². The van der Waals surface area contributed by atoms with E-state index in [9.17, 15) is 0 Å². The molecule has 1 atom stereocenters. The summed E-state index contributed by atoms with van der Waals surface area (Å²) < 4.78 is 0. The summed E-state index contributed by atoms with van der Waals surface area (Å²) >= 11 is 0. The summed E-state index contributed by atoms with van der Waals surface area (Å²) in [5.74, 6) is 0. The van der Waals surface area contributed by atoms with Crippen molar-refractivity contribution in [3.63, 3.8) is 0 Å². The molecule has 0 aliphatic rings. The minimum atomic E-state index is 0.171. The van der Waals surface area contributed by atoms with Crippen LogP contribution in [0.25, 0.3) is 10.9 Å². The van der Waals surface area contributed by atoms with Crippen LogP contribution in [0.3, 0.4) is 0 Å². The third-order valence-corrected chi connectivity index (χ3v) is 3.75. The van der Waals surface area contributed by atoms with Crippen LogP contribution in [-0.4, -0.2) is 16.5 Å². The SMILES string of the molecule is CCNC(c1ccc2cccnc2c1)c1ccncc1C. The number of aryl methyl sites for hydroxylation is 1. The molecule has 2 heterocycles. The van der Waals surface area contributed by atoms with Crippen LogP contribution < -0.4 is 5.32 Å². The monoisotopic (exact) mass is 277 g/mol. The Balaban J connectivity index is 2.09. The van der Waals surface area contributed by atoms with Crippen molar-refractivity contribution < 1.29 is 0 Å². The van der Waals surface area contributed by atoms with Crippen molar-refractivity contribution in [2.24, 2.45) is 0 Å². The van der Waals surface area contributed by atoms with Crippen LogP contribution >= 0.6 is 0 Å². The van der Waals surface area contributed by atoms with Crippen molar-refractivity contribution >= 4 is 10.9 Å². The van der Waals surface area contributed by atoms with Gasteiger partial charge in [-0.05, 0) is 48.4 Å². The molecule has 0 aliphatic heterocycles. The topological polar surface area (TPSA) is 37.8 Å². The fraction of sp³-hybridized carbons (Fsp3) is 0.222. The quantitative estimate of drug-likeness (QED) is 0.791. The van der Waals surface area contributed by atoms with Crippen molar-refractivity contribution in [2.75, 3.05) is 6.54 Å². The lowest BCUT2D eigenvalue weighted by molar-refractivity contribution is 0.627. The number of hydrogen-bond acceptors (Lipinski definition) is 3. The number of benzene rings is 1. The van der Waals surface area contributed by atoms with Gasteiger partial charge in [0.05, 0.1) is 11.6 Å². The molecule has 0 bridgehead atoms. The normalized spacial score (nSPS) is 12.5. The Bertz CT molecular complexity index is 752. The molecular weight excluding hydrogens is 258 g/mol. The van der Waals surface area contributed by atoms with Gasteiger partial charge in [0, 0.05) is 24.0 Å². The van der Waals surface area contributed by atoms with Crippen LogP contribution in [0, 0.1) is 6.92 Å². The Morgan fingerprint density at radius 1 is 1.14 bits per heavy atom. The second kappa shape index (κ2) is 6.02. The molecule has 106 valence electrons. The maximum atomic E-state index is 4.46. The standard InChI is InChI=1S/C18H19N3/c1-3-20-18(16-8-10-19-12-13(16)2)15-7-6-14-5-4-9-21-17(14)11-15/h4-12,18,20H,3H2,1-2H3. The summed E-state index contributed by atoms with van der Waals surface area (Å²) in [4.78, 5) is 8.65. The molecule has 3 rings (SSSR count). The van der Waals surface area contributed by atoms with Gasteiger partial charge in [-0.15, -0.1) is 0 Å². The summed E-state index contributed by atoms with van der Waals surface area (Å²) in [6, 6.07) is 12.8. The maximum absolute atomic E-state index is 4.46. The van der Waals surface area contributed by atoms with Gasteiger partial charge in [-0.3, -0.25) is 9.97 Å². The highest BCUT2D eigenvalue weighted by Gasteiger charge is 2.15. The zero-order valence-electron chi connectivity index (χ0n) is 12.4. The molecule has 0 spiro atoms. The molecule has 0 amide bonds. The van der Waals surface area contributed by atoms with Gasteiger partial charge in [0.1, 0.15) is 0 Å². The predicted octanol–water partition coefficient (Wildman–Crippen LogP) is 3.64. The third kappa shape index (κ3) is 2.78. The van der Waals surface area contributed by atoms with Gasteiger partial charge in [0.15, 0.2) is 0 Å². The fourth-order valence-electron chi connectivity index (χ4n) is 2.68. The van der Waals surface area contributed by atoms with Crippen LogP contribution in [0.2, 0.25) is 0 Å². The maximum Gasteiger partial charge on any atom is 0.0705 e. The van der Waals surface area contributed by atoms with Gasteiger partial charge in [0.2, 0.25) is 0 Å². The van der Waals surface area contributed by atoms with Gasteiger partial charge < -0.3 is 5.32 Å². The number of nitrogens with zero attached hydrogens (tertiary/aromatic N) is 2. The van der Waals surface area contributed by atoms with Crippen LogP contribution in [0.15, 0.2) is 55.0 Å². The first kappa shape index (κ1) is 13.7. The zero-order chi connectivity index (χ0) is 14.7. The number of rotatable bonds is 4. The average Bonchev–Trinajstić information content (AvgIpc) is 2.53.